The Morgan fingerprint density at radius 1 is 1.29 bits per heavy atom. The molecule has 0 aliphatic carbocycles. The molecule has 3 N–H and O–H groups in total. The normalized spacial score (nSPS) is 13.2. The van der Waals surface area contributed by atoms with Gasteiger partial charge in [0, 0.05) is 6.42 Å². The molecule has 0 aliphatic heterocycles. The van der Waals surface area contributed by atoms with Crippen LogP contribution < -0.4 is 4.72 Å². The zero-order valence-electron chi connectivity index (χ0n) is 9.55. The van der Waals surface area contributed by atoms with Crippen molar-refractivity contribution in [2.75, 3.05) is 5.75 Å². The quantitative estimate of drug-likeness (QED) is 0.541. The summed E-state index contributed by atoms with van der Waals surface area (Å²) in [5.74, 6) is -2.48. The zero-order valence-corrected chi connectivity index (χ0v) is 10.4. The lowest BCUT2D eigenvalue weighted by molar-refractivity contribution is -0.140. The lowest BCUT2D eigenvalue weighted by Crippen LogP contribution is -2.41. The van der Waals surface area contributed by atoms with Gasteiger partial charge < -0.3 is 10.2 Å². The van der Waals surface area contributed by atoms with E-state index in [4.69, 9.17) is 10.2 Å². The van der Waals surface area contributed by atoms with Crippen LogP contribution in [0, 0.1) is 0 Å². The highest BCUT2D eigenvalue weighted by Crippen LogP contribution is 2.04. The van der Waals surface area contributed by atoms with E-state index >= 15 is 0 Å². The van der Waals surface area contributed by atoms with Gasteiger partial charge in [0.05, 0.1) is 5.75 Å². The number of nitrogens with one attached hydrogen (secondary N) is 1. The third kappa shape index (κ3) is 7.70. The number of carboxylic acid groups (broad SMARTS) is 2. The van der Waals surface area contributed by atoms with Crippen molar-refractivity contribution in [3.63, 3.8) is 0 Å². The van der Waals surface area contributed by atoms with Crippen molar-refractivity contribution in [3.05, 3.63) is 0 Å². The number of hydrogen-bond acceptors (Lipinski definition) is 4. The van der Waals surface area contributed by atoms with E-state index in [1.165, 1.54) is 0 Å². The van der Waals surface area contributed by atoms with Crippen LogP contribution in [0.2, 0.25) is 0 Å². The predicted molar refractivity (Wildman–Crippen MR) is 60.1 cm³/mol. The second-order valence-electron chi connectivity index (χ2n) is 3.61. The summed E-state index contributed by atoms with van der Waals surface area (Å²) in [5, 5.41) is 17.2. The fourth-order valence-corrected chi connectivity index (χ4v) is 2.54. The minimum atomic E-state index is -3.60. The van der Waals surface area contributed by atoms with Crippen LogP contribution in [0.4, 0.5) is 0 Å². The first-order valence-electron chi connectivity index (χ1n) is 5.23. The van der Waals surface area contributed by atoms with Gasteiger partial charge in [-0.3, -0.25) is 9.59 Å². The topological polar surface area (TPSA) is 121 Å². The average molecular weight is 267 g/mol. The molecule has 0 aromatic carbocycles. The Balaban J connectivity index is 4.35. The molecule has 17 heavy (non-hydrogen) atoms. The van der Waals surface area contributed by atoms with Gasteiger partial charge >= 0.3 is 11.9 Å². The molecule has 8 heteroatoms. The molecule has 0 spiro atoms. The standard InChI is InChI=1S/C9H17NO6S/c1-2-6-17(15,16)10-7(9(13)14)4-3-5-8(11)12/h7,10H,2-6H2,1H3,(H,11,12)(H,13,14)/t7-/m1/s1. The molecule has 0 saturated heterocycles. The Kier molecular flexibility index (Phi) is 6.74. The Bertz CT molecular complexity index is 364. The van der Waals surface area contributed by atoms with E-state index in [2.05, 4.69) is 0 Å². The minimum absolute atomic E-state index is 0.0371. The summed E-state index contributed by atoms with van der Waals surface area (Å²) in [4.78, 5) is 21.0. The van der Waals surface area contributed by atoms with Gasteiger partial charge in [-0.1, -0.05) is 6.92 Å². The largest absolute Gasteiger partial charge is 0.481 e. The lowest BCUT2D eigenvalue weighted by atomic mass is 10.1. The van der Waals surface area contributed by atoms with Crippen LogP contribution in [0.25, 0.3) is 0 Å². The molecule has 0 amide bonds. The Morgan fingerprint density at radius 3 is 2.29 bits per heavy atom. The van der Waals surface area contributed by atoms with Gasteiger partial charge in [0.25, 0.3) is 0 Å². The molecule has 0 aromatic heterocycles. The molecule has 1 atom stereocenters. The maximum absolute atomic E-state index is 11.4. The summed E-state index contributed by atoms with van der Waals surface area (Å²) in [5.41, 5.74) is 0. The molecule has 0 aromatic rings. The van der Waals surface area contributed by atoms with Crippen molar-refractivity contribution in [1.29, 1.82) is 0 Å². The number of sulfonamides is 1. The monoisotopic (exact) mass is 267 g/mol. The van der Waals surface area contributed by atoms with Crippen molar-refractivity contribution < 1.29 is 28.2 Å². The van der Waals surface area contributed by atoms with Gasteiger partial charge in [0.1, 0.15) is 6.04 Å². The van der Waals surface area contributed by atoms with E-state index in [1.54, 1.807) is 6.92 Å². The Morgan fingerprint density at radius 2 is 1.88 bits per heavy atom. The van der Waals surface area contributed by atoms with E-state index in [0.29, 0.717) is 6.42 Å². The zero-order chi connectivity index (χ0) is 13.5. The molecule has 0 saturated carbocycles. The average Bonchev–Trinajstić information content (AvgIpc) is 2.14. The van der Waals surface area contributed by atoms with Gasteiger partial charge in [-0.05, 0) is 19.3 Å². The summed E-state index contributed by atoms with van der Waals surface area (Å²) < 4.78 is 24.8. The molecule has 0 fully saturated rings. The number of carboxylic acids is 2. The molecule has 0 heterocycles. The van der Waals surface area contributed by atoms with Crippen molar-refractivity contribution in [3.8, 4) is 0 Å². The van der Waals surface area contributed by atoms with Gasteiger partial charge in [0.2, 0.25) is 10.0 Å². The lowest BCUT2D eigenvalue weighted by Gasteiger charge is -2.13. The third-order valence-electron chi connectivity index (χ3n) is 1.98. The van der Waals surface area contributed by atoms with Crippen molar-refractivity contribution in [2.45, 2.75) is 38.6 Å². The smallest absolute Gasteiger partial charge is 0.321 e. The molecular weight excluding hydrogens is 250 g/mol. The van der Waals surface area contributed by atoms with E-state index in [0.717, 1.165) is 0 Å². The second-order valence-corrected chi connectivity index (χ2v) is 5.49. The molecule has 100 valence electrons. The van der Waals surface area contributed by atoms with Crippen LogP contribution >= 0.6 is 0 Å². The van der Waals surface area contributed by atoms with Gasteiger partial charge in [0.15, 0.2) is 0 Å². The molecule has 0 bridgehead atoms. The highest BCUT2D eigenvalue weighted by molar-refractivity contribution is 7.89. The summed E-state index contributed by atoms with van der Waals surface area (Å²) in [6.45, 7) is 1.67. The van der Waals surface area contributed by atoms with Crippen LogP contribution in [-0.4, -0.2) is 42.4 Å². The first-order chi connectivity index (χ1) is 7.78. The molecule has 0 unspecified atom stereocenters. The molecular formula is C9H17NO6S. The number of aliphatic carboxylic acids is 2. The summed E-state index contributed by atoms with van der Waals surface area (Å²) in [6, 6.07) is -1.26. The highest BCUT2D eigenvalue weighted by atomic mass is 32.2. The van der Waals surface area contributed by atoms with E-state index in [9.17, 15) is 18.0 Å². The van der Waals surface area contributed by atoms with E-state index in [-0.39, 0.29) is 25.0 Å². The fraction of sp³-hybridized carbons (Fsp3) is 0.778. The van der Waals surface area contributed by atoms with Gasteiger partial charge in [-0.2, -0.15) is 0 Å². The summed E-state index contributed by atoms with van der Waals surface area (Å²) in [7, 11) is -3.60. The summed E-state index contributed by atoms with van der Waals surface area (Å²) >= 11 is 0. The maximum Gasteiger partial charge on any atom is 0.321 e. The summed E-state index contributed by atoms with van der Waals surface area (Å²) in [6.07, 6.45) is 0.279. The van der Waals surface area contributed by atoms with E-state index < -0.39 is 28.0 Å². The predicted octanol–water partition coefficient (Wildman–Crippen LogP) is 0.0239. The minimum Gasteiger partial charge on any atom is -0.481 e. The maximum atomic E-state index is 11.4. The van der Waals surface area contributed by atoms with Crippen molar-refractivity contribution in [2.24, 2.45) is 0 Å². The highest BCUT2D eigenvalue weighted by Gasteiger charge is 2.23. The fourth-order valence-electron chi connectivity index (χ4n) is 1.23. The van der Waals surface area contributed by atoms with Crippen molar-refractivity contribution >= 4 is 22.0 Å². The van der Waals surface area contributed by atoms with Crippen LogP contribution in [0.5, 0.6) is 0 Å². The van der Waals surface area contributed by atoms with Crippen LogP contribution in [-0.2, 0) is 19.6 Å². The molecule has 0 radical (unpaired) electrons. The SMILES string of the molecule is CCCS(=O)(=O)N[C@H](CCCC(=O)O)C(=O)O. The molecule has 0 rings (SSSR count). The van der Waals surface area contributed by atoms with Gasteiger partial charge in [-0.25, -0.2) is 13.1 Å². The first-order valence-corrected chi connectivity index (χ1v) is 6.88. The number of rotatable bonds is 9. The number of carbonyl (C=O) groups is 2. The first kappa shape index (κ1) is 15.9. The van der Waals surface area contributed by atoms with Crippen LogP contribution in [0.1, 0.15) is 32.6 Å². The van der Waals surface area contributed by atoms with Crippen molar-refractivity contribution in [1.82, 2.24) is 4.72 Å². The Hall–Kier alpha value is -1.15. The van der Waals surface area contributed by atoms with Crippen LogP contribution in [0.15, 0.2) is 0 Å². The molecule has 0 aliphatic rings. The third-order valence-corrected chi connectivity index (χ3v) is 3.57. The van der Waals surface area contributed by atoms with Crippen LogP contribution in [0.3, 0.4) is 0 Å². The second kappa shape index (κ2) is 7.23. The molecule has 7 nitrogen and oxygen atoms in total. The Labute approximate surface area is 99.9 Å². The van der Waals surface area contributed by atoms with Gasteiger partial charge in [-0.15, -0.1) is 0 Å². The van der Waals surface area contributed by atoms with E-state index in [1.807, 2.05) is 4.72 Å². The number of hydrogen-bond donors (Lipinski definition) is 3.